The van der Waals surface area contributed by atoms with E-state index in [0.29, 0.717) is 6.07 Å². The van der Waals surface area contributed by atoms with Gasteiger partial charge < -0.3 is 4.74 Å². The van der Waals surface area contributed by atoms with Gasteiger partial charge in [-0.15, -0.1) is 0 Å². The summed E-state index contributed by atoms with van der Waals surface area (Å²) in [4.78, 5) is 11.1. The van der Waals surface area contributed by atoms with Crippen LogP contribution in [0.5, 0.6) is 5.75 Å². The van der Waals surface area contributed by atoms with E-state index < -0.39 is 35.0 Å². The Morgan fingerprint density at radius 2 is 1.74 bits per heavy atom. The molecule has 0 aromatic heterocycles. The first-order valence-corrected chi connectivity index (χ1v) is 5.34. The number of halogens is 7. The highest BCUT2D eigenvalue weighted by molar-refractivity contribution is 9.10. The smallest absolute Gasteiger partial charge is 0.461 e. The summed E-state index contributed by atoms with van der Waals surface area (Å²) in [6, 6.07) is 1.45. The molecule has 2 nitrogen and oxygen atoms in total. The van der Waals surface area contributed by atoms with Gasteiger partial charge in [0.25, 0.3) is 0 Å². The number of hydrogen-bond acceptors (Lipinski definition) is 2. The van der Waals surface area contributed by atoms with E-state index in [0.717, 1.165) is 13.2 Å². The first-order valence-electron chi connectivity index (χ1n) is 4.55. The predicted octanol–water partition coefficient (Wildman–Crippen LogP) is 3.98. The minimum absolute atomic E-state index is 0.0284. The Balaban J connectivity index is 3.37. The maximum atomic E-state index is 13.6. The van der Waals surface area contributed by atoms with Crippen LogP contribution in [0.2, 0.25) is 0 Å². The van der Waals surface area contributed by atoms with Gasteiger partial charge in [0.05, 0.1) is 17.1 Å². The molecule has 106 valence electrons. The van der Waals surface area contributed by atoms with Crippen LogP contribution in [0, 0.1) is 5.82 Å². The fourth-order valence-electron chi connectivity index (χ4n) is 1.19. The average molecular weight is 351 g/mol. The zero-order valence-electron chi connectivity index (χ0n) is 9.12. The first-order chi connectivity index (χ1) is 8.54. The molecule has 1 aromatic carbocycles. The second kappa shape index (κ2) is 5.03. The van der Waals surface area contributed by atoms with Crippen LogP contribution in [0.1, 0.15) is 10.4 Å². The van der Waals surface area contributed by atoms with E-state index >= 15 is 0 Å². The largest absolute Gasteiger partial charge is 0.492 e. The van der Waals surface area contributed by atoms with E-state index in [1.54, 1.807) is 0 Å². The standard InChI is InChI=1S/C10H5BrF6O2/c1-19-7-5(11)3-2-4(6(7)12)8(18)9(13,14)10(15,16)17/h2-3H,1H3. The van der Waals surface area contributed by atoms with Crippen molar-refractivity contribution in [2.75, 3.05) is 7.11 Å². The summed E-state index contributed by atoms with van der Waals surface area (Å²) in [6.45, 7) is 0. The number of benzene rings is 1. The normalized spacial score (nSPS) is 12.4. The predicted molar refractivity (Wildman–Crippen MR) is 56.0 cm³/mol. The summed E-state index contributed by atoms with van der Waals surface area (Å²) >= 11 is 2.79. The lowest BCUT2D eigenvalue weighted by Crippen LogP contribution is -2.44. The van der Waals surface area contributed by atoms with Crippen molar-refractivity contribution < 1.29 is 35.9 Å². The van der Waals surface area contributed by atoms with Crippen molar-refractivity contribution in [3.63, 3.8) is 0 Å². The highest BCUT2D eigenvalue weighted by atomic mass is 79.9. The maximum Gasteiger partial charge on any atom is 0.461 e. The summed E-state index contributed by atoms with van der Waals surface area (Å²) in [5, 5.41) is 0. The van der Waals surface area contributed by atoms with E-state index in [2.05, 4.69) is 20.7 Å². The monoisotopic (exact) mass is 350 g/mol. The molecular weight excluding hydrogens is 346 g/mol. The Labute approximate surface area is 111 Å². The number of ether oxygens (including phenoxy) is 1. The van der Waals surface area contributed by atoms with Gasteiger partial charge in [-0.3, -0.25) is 4.79 Å². The second-order valence-corrected chi connectivity index (χ2v) is 4.20. The number of hydrogen-bond donors (Lipinski definition) is 0. The minimum Gasteiger partial charge on any atom is -0.492 e. The molecule has 0 N–H and O–H groups in total. The highest BCUT2D eigenvalue weighted by Gasteiger charge is 2.63. The lowest BCUT2D eigenvalue weighted by molar-refractivity contribution is -0.255. The number of alkyl halides is 5. The van der Waals surface area contributed by atoms with Crippen molar-refractivity contribution in [2.45, 2.75) is 12.1 Å². The number of Topliss-reactive ketones (excluding diaryl/α,β-unsaturated/α-hetero) is 1. The molecule has 9 heteroatoms. The number of carbonyl (C=O) groups is 1. The Morgan fingerprint density at radius 1 is 1.21 bits per heavy atom. The molecule has 0 bridgehead atoms. The van der Waals surface area contributed by atoms with Gasteiger partial charge in [-0.25, -0.2) is 4.39 Å². The van der Waals surface area contributed by atoms with Gasteiger partial charge in [-0.2, -0.15) is 22.0 Å². The molecule has 19 heavy (non-hydrogen) atoms. The zero-order valence-corrected chi connectivity index (χ0v) is 10.7. The van der Waals surface area contributed by atoms with Gasteiger partial charge in [0.2, 0.25) is 5.78 Å². The van der Waals surface area contributed by atoms with Crippen molar-refractivity contribution in [2.24, 2.45) is 0 Å². The molecule has 0 amide bonds. The summed E-state index contributed by atoms with van der Waals surface area (Å²) in [7, 11) is 0.972. The van der Waals surface area contributed by atoms with Crippen LogP contribution < -0.4 is 4.74 Å². The fraction of sp³-hybridized carbons (Fsp3) is 0.300. The van der Waals surface area contributed by atoms with E-state index in [4.69, 9.17) is 0 Å². The van der Waals surface area contributed by atoms with Crippen LogP contribution in [0.4, 0.5) is 26.3 Å². The second-order valence-electron chi connectivity index (χ2n) is 3.34. The van der Waals surface area contributed by atoms with Crippen LogP contribution in [-0.4, -0.2) is 25.0 Å². The molecule has 0 saturated carbocycles. The summed E-state index contributed by atoms with van der Waals surface area (Å²) in [6.07, 6.45) is -6.10. The molecule has 0 fully saturated rings. The Hall–Kier alpha value is -1.25. The van der Waals surface area contributed by atoms with Crippen molar-refractivity contribution in [1.29, 1.82) is 0 Å². The minimum atomic E-state index is -6.10. The van der Waals surface area contributed by atoms with Gasteiger partial charge >= 0.3 is 12.1 Å². The molecule has 1 aromatic rings. The van der Waals surface area contributed by atoms with Crippen molar-refractivity contribution in [3.05, 3.63) is 28.0 Å². The van der Waals surface area contributed by atoms with Crippen LogP contribution >= 0.6 is 15.9 Å². The van der Waals surface area contributed by atoms with E-state index in [9.17, 15) is 31.1 Å². The fourth-order valence-corrected chi connectivity index (χ4v) is 1.66. The summed E-state index contributed by atoms with van der Waals surface area (Å²) < 4.78 is 79.8. The van der Waals surface area contributed by atoms with Crippen LogP contribution in [0.3, 0.4) is 0 Å². The van der Waals surface area contributed by atoms with Gasteiger partial charge in [-0.1, -0.05) is 0 Å². The van der Waals surface area contributed by atoms with Gasteiger partial charge in [-0.05, 0) is 28.1 Å². The molecule has 0 radical (unpaired) electrons. The van der Waals surface area contributed by atoms with Gasteiger partial charge in [0.15, 0.2) is 11.6 Å². The maximum absolute atomic E-state index is 13.6. The SMILES string of the molecule is COc1c(Br)ccc(C(=O)C(F)(F)C(F)(F)F)c1F. The number of carbonyl (C=O) groups excluding carboxylic acids is 1. The third-order valence-electron chi connectivity index (χ3n) is 2.14. The molecule has 0 aliphatic carbocycles. The van der Waals surface area contributed by atoms with Crippen LogP contribution in [0.15, 0.2) is 16.6 Å². The topological polar surface area (TPSA) is 26.3 Å². The highest BCUT2D eigenvalue weighted by Crippen LogP contribution is 2.40. The molecule has 1 rings (SSSR count). The third kappa shape index (κ3) is 2.70. The first kappa shape index (κ1) is 15.8. The van der Waals surface area contributed by atoms with Crippen molar-refractivity contribution in [1.82, 2.24) is 0 Å². The number of ketones is 1. The van der Waals surface area contributed by atoms with Crippen molar-refractivity contribution in [3.8, 4) is 5.75 Å². The average Bonchev–Trinajstić information content (AvgIpc) is 2.27. The summed E-state index contributed by atoms with van der Waals surface area (Å²) in [5.41, 5.74) is -1.40. The summed E-state index contributed by atoms with van der Waals surface area (Å²) in [5.74, 6) is -10.6. The lowest BCUT2D eigenvalue weighted by atomic mass is 10.0. The molecular formula is C10H5BrF6O2. The molecule has 0 atom stereocenters. The van der Waals surface area contributed by atoms with Crippen LogP contribution in [-0.2, 0) is 0 Å². The van der Waals surface area contributed by atoms with Crippen LogP contribution in [0.25, 0.3) is 0 Å². The Bertz CT molecular complexity index is 511. The molecule has 0 spiro atoms. The number of rotatable bonds is 3. The Kier molecular flexibility index (Phi) is 4.18. The molecule has 0 aliphatic rings. The molecule has 0 saturated heterocycles. The molecule has 0 heterocycles. The van der Waals surface area contributed by atoms with Gasteiger partial charge in [0, 0.05) is 0 Å². The molecule has 0 aliphatic heterocycles. The third-order valence-corrected chi connectivity index (χ3v) is 2.76. The van der Waals surface area contributed by atoms with E-state index in [-0.39, 0.29) is 4.47 Å². The van der Waals surface area contributed by atoms with E-state index in [1.165, 1.54) is 0 Å². The zero-order chi connectivity index (χ0) is 15.0. The quantitative estimate of drug-likeness (QED) is 0.608. The van der Waals surface area contributed by atoms with Crippen molar-refractivity contribution >= 4 is 21.7 Å². The van der Waals surface area contributed by atoms with E-state index in [1.807, 2.05) is 0 Å². The number of methoxy groups -OCH3 is 1. The van der Waals surface area contributed by atoms with Gasteiger partial charge in [0.1, 0.15) is 0 Å². The lowest BCUT2D eigenvalue weighted by Gasteiger charge is -2.19. The molecule has 0 unspecified atom stereocenters. The Morgan fingerprint density at radius 3 is 2.16 bits per heavy atom.